The van der Waals surface area contributed by atoms with Gasteiger partial charge >= 0.3 is 0 Å². The second-order valence-electron chi connectivity index (χ2n) is 4.19. The lowest BCUT2D eigenvalue weighted by molar-refractivity contribution is 1.14. The highest BCUT2D eigenvalue weighted by molar-refractivity contribution is 5.81. The van der Waals surface area contributed by atoms with Crippen LogP contribution in [0.3, 0.4) is 0 Å². The van der Waals surface area contributed by atoms with Gasteiger partial charge in [-0.05, 0) is 22.8 Å². The molecule has 90 valence electrons. The van der Waals surface area contributed by atoms with Crippen molar-refractivity contribution in [1.29, 1.82) is 0 Å². The standard InChI is InChI=1S/C10H8.C8H10/c1-2-6-10-8-4-3-7-9(10)5-1;1-2-8-6-4-3-5-7-8/h1-8H;3-7H,2H2,1H3. The first-order valence-corrected chi connectivity index (χ1v) is 6.38. The number of hydrogen-bond donors (Lipinski definition) is 0. The van der Waals surface area contributed by atoms with Crippen molar-refractivity contribution in [2.45, 2.75) is 13.3 Å². The second kappa shape index (κ2) is 6.61. The van der Waals surface area contributed by atoms with Crippen molar-refractivity contribution < 1.29 is 0 Å². The van der Waals surface area contributed by atoms with Crippen LogP contribution in [-0.2, 0) is 6.42 Å². The van der Waals surface area contributed by atoms with E-state index in [1.54, 1.807) is 0 Å². The van der Waals surface area contributed by atoms with Gasteiger partial charge in [0.15, 0.2) is 0 Å². The maximum absolute atomic E-state index is 2.16. The SMILES string of the molecule is CCc1ccccc1.c1ccc2ccccc2c1. The smallest absolute Gasteiger partial charge is 0.0184 e. The van der Waals surface area contributed by atoms with Gasteiger partial charge in [-0.25, -0.2) is 0 Å². The van der Waals surface area contributed by atoms with Gasteiger partial charge in [0, 0.05) is 0 Å². The lowest BCUT2D eigenvalue weighted by Gasteiger charge is -1.92. The van der Waals surface area contributed by atoms with Crippen LogP contribution in [-0.4, -0.2) is 0 Å². The molecular formula is C18H18. The summed E-state index contributed by atoms with van der Waals surface area (Å²) in [5.41, 5.74) is 1.41. The molecule has 0 bridgehead atoms. The van der Waals surface area contributed by atoms with Crippen LogP contribution in [0, 0.1) is 0 Å². The molecule has 0 spiro atoms. The predicted molar refractivity (Wildman–Crippen MR) is 79.8 cm³/mol. The fraction of sp³-hybridized carbons (Fsp3) is 0.111. The van der Waals surface area contributed by atoms with Gasteiger partial charge in [0.05, 0.1) is 0 Å². The van der Waals surface area contributed by atoms with Crippen molar-refractivity contribution >= 4 is 10.8 Å². The number of rotatable bonds is 1. The number of fused-ring (bicyclic) bond motifs is 1. The maximum Gasteiger partial charge on any atom is -0.0184 e. The van der Waals surface area contributed by atoms with Crippen LogP contribution in [0.25, 0.3) is 10.8 Å². The van der Waals surface area contributed by atoms with E-state index in [0.29, 0.717) is 0 Å². The van der Waals surface area contributed by atoms with Gasteiger partial charge in [0.1, 0.15) is 0 Å². The summed E-state index contributed by atoms with van der Waals surface area (Å²) in [6.07, 6.45) is 1.14. The van der Waals surface area contributed by atoms with Crippen molar-refractivity contribution in [3.63, 3.8) is 0 Å². The maximum atomic E-state index is 2.16. The lowest BCUT2D eigenvalue weighted by atomic mass is 10.1. The molecule has 0 heteroatoms. The topological polar surface area (TPSA) is 0 Å². The summed E-state index contributed by atoms with van der Waals surface area (Å²) in [4.78, 5) is 0. The molecule has 0 radical (unpaired) electrons. The zero-order chi connectivity index (χ0) is 12.6. The van der Waals surface area contributed by atoms with E-state index in [1.165, 1.54) is 16.3 Å². The second-order valence-corrected chi connectivity index (χ2v) is 4.19. The van der Waals surface area contributed by atoms with Crippen LogP contribution in [0.15, 0.2) is 78.9 Å². The molecule has 0 amide bonds. The lowest BCUT2D eigenvalue weighted by Crippen LogP contribution is -1.73. The minimum atomic E-state index is 1.14. The summed E-state index contributed by atoms with van der Waals surface area (Å²) >= 11 is 0. The van der Waals surface area contributed by atoms with Crippen LogP contribution in [0.2, 0.25) is 0 Å². The Balaban J connectivity index is 0.000000138. The predicted octanol–water partition coefficient (Wildman–Crippen LogP) is 5.09. The van der Waals surface area contributed by atoms with Gasteiger partial charge in [0.2, 0.25) is 0 Å². The summed E-state index contributed by atoms with van der Waals surface area (Å²) in [7, 11) is 0. The Morgan fingerprint density at radius 2 is 0.944 bits per heavy atom. The van der Waals surface area contributed by atoms with E-state index in [2.05, 4.69) is 79.7 Å². The van der Waals surface area contributed by atoms with E-state index < -0.39 is 0 Å². The molecule has 3 aromatic rings. The van der Waals surface area contributed by atoms with Crippen molar-refractivity contribution in [3.8, 4) is 0 Å². The quantitative estimate of drug-likeness (QED) is 0.550. The zero-order valence-corrected chi connectivity index (χ0v) is 10.7. The van der Waals surface area contributed by atoms with E-state index in [9.17, 15) is 0 Å². The van der Waals surface area contributed by atoms with Gasteiger partial charge in [-0.1, -0.05) is 85.8 Å². The monoisotopic (exact) mass is 234 g/mol. The summed E-state index contributed by atoms with van der Waals surface area (Å²) < 4.78 is 0. The Morgan fingerprint density at radius 1 is 0.556 bits per heavy atom. The molecule has 0 saturated carbocycles. The van der Waals surface area contributed by atoms with Crippen molar-refractivity contribution in [3.05, 3.63) is 84.4 Å². The van der Waals surface area contributed by atoms with Crippen LogP contribution < -0.4 is 0 Å². The summed E-state index contributed by atoms with van der Waals surface area (Å²) in [6, 6.07) is 27.2. The Hall–Kier alpha value is -2.08. The highest BCUT2D eigenvalue weighted by Crippen LogP contribution is 2.11. The van der Waals surface area contributed by atoms with E-state index in [-0.39, 0.29) is 0 Å². The number of aryl methyl sites for hydroxylation is 1. The van der Waals surface area contributed by atoms with Gasteiger partial charge < -0.3 is 0 Å². The molecule has 0 aliphatic rings. The van der Waals surface area contributed by atoms with Gasteiger partial charge in [0.25, 0.3) is 0 Å². The normalized spacial score (nSPS) is 9.61. The average molecular weight is 234 g/mol. The van der Waals surface area contributed by atoms with Crippen molar-refractivity contribution in [2.75, 3.05) is 0 Å². The van der Waals surface area contributed by atoms with E-state index in [1.807, 2.05) is 6.07 Å². The molecular weight excluding hydrogens is 216 g/mol. The molecule has 0 aliphatic heterocycles. The number of benzene rings is 3. The van der Waals surface area contributed by atoms with Crippen LogP contribution >= 0.6 is 0 Å². The molecule has 0 atom stereocenters. The van der Waals surface area contributed by atoms with Crippen molar-refractivity contribution in [2.24, 2.45) is 0 Å². The molecule has 0 saturated heterocycles. The minimum absolute atomic E-state index is 1.14. The van der Waals surface area contributed by atoms with Crippen LogP contribution in [0.1, 0.15) is 12.5 Å². The first-order chi connectivity index (χ1) is 8.90. The van der Waals surface area contributed by atoms with Gasteiger partial charge in [-0.3, -0.25) is 0 Å². The van der Waals surface area contributed by atoms with E-state index in [0.717, 1.165) is 6.42 Å². The minimum Gasteiger partial charge on any atom is -0.0622 e. The zero-order valence-electron chi connectivity index (χ0n) is 10.7. The summed E-state index contributed by atoms with van der Waals surface area (Å²) in [6.45, 7) is 2.16. The average Bonchev–Trinajstić information content (AvgIpc) is 2.49. The third-order valence-corrected chi connectivity index (χ3v) is 2.91. The van der Waals surface area contributed by atoms with E-state index >= 15 is 0 Å². The third-order valence-electron chi connectivity index (χ3n) is 2.91. The summed E-state index contributed by atoms with van der Waals surface area (Å²) in [5, 5.41) is 2.62. The Bertz CT molecular complexity index is 516. The molecule has 3 rings (SSSR count). The molecule has 0 aliphatic carbocycles. The molecule has 3 aromatic carbocycles. The molecule has 0 N–H and O–H groups in total. The highest BCUT2D eigenvalue weighted by atomic mass is 13.9. The third kappa shape index (κ3) is 3.46. The largest absolute Gasteiger partial charge is 0.0622 e. The Morgan fingerprint density at radius 3 is 1.28 bits per heavy atom. The van der Waals surface area contributed by atoms with E-state index in [4.69, 9.17) is 0 Å². The molecule has 0 fully saturated rings. The van der Waals surface area contributed by atoms with Crippen LogP contribution in [0.5, 0.6) is 0 Å². The fourth-order valence-corrected chi connectivity index (χ4v) is 1.85. The highest BCUT2D eigenvalue weighted by Gasteiger charge is 1.85. The first kappa shape index (κ1) is 12.4. The Kier molecular flexibility index (Phi) is 4.54. The van der Waals surface area contributed by atoms with Crippen LogP contribution in [0.4, 0.5) is 0 Å². The van der Waals surface area contributed by atoms with Gasteiger partial charge in [-0.15, -0.1) is 0 Å². The first-order valence-electron chi connectivity index (χ1n) is 6.38. The number of hydrogen-bond acceptors (Lipinski definition) is 0. The molecule has 0 heterocycles. The molecule has 18 heavy (non-hydrogen) atoms. The van der Waals surface area contributed by atoms with Gasteiger partial charge in [-0.2, -0.15) is 0 Å². The Labute approximate surface area is 109 Å². The molecule has 0 aromatic heterocycles. The molecule has 0 nitrogen and oxygen atoms in total. The van der Waals surface area contributed by atoms with Crippen molar-refractivity contribution in [1.82, 2.24) is 0 Å². The fourth-order valence-electron chi connectivity index (χ4n) is 1.85. The summed E-state index contributed by atoms with van der Waals surface area (Å²) in [5.74, 6) is 0. The molecule has 0 unspecified atom stereocenters.